The highest BCUT2D eigenvalue weighted by atomic mass is 16.3. The van der Waals surface area contributed by atoms with Gasteiger partial charge < -0.3 is 18.1 Å². The second-order valence-electron chi connectivity index (χ2n) is 37.0. The van der Waals surface area contributed by atoms with Crippen LogP contribution in [0.5, 0.6) is 0 Å². The van der Waals surface area contributed by atoms with Crippen molar-refractivity contribution in [1.82, 2.24) is 57.3 Å². The van der Waals surface area contributed by atoms with Gasteiger partial charge in [0, 0.05) is 125 Å². The summed E-state index contributed by atoms with van der Waals surface area (Å²) in [4.78, 5) is 31.8. The van der Waals surface area contributed by atoms with Gasteiger partial charge in [0.05, 0.1) is 99.8 Å². The van der Waals surface area contributed by atoms with Gasteiger partial charge in [-0.2, -0.15) is 0 Å². The fourth-order valence-corrected chi connectivity index (χ4v) is 22.8. The second-order valence-corrected chi connectivity index (χ2v) is 37.0. The first-order valence-corrected chi connectivity index (χ1v) is 49.1. The van der Waals surface area contributed by atoms with E-state index in [0.717, 1.165) is 150 Å². The van der Waals surface area contributed by atoms with Crippen LogP contribution in [-0.4, -0.2) is 57.3 Å². The fraction of sp³-hybridized carbons (Fsp3) is 0. The van der Waals surface area contributed by atoms with Gasteiger partial charge >= 0.3 is 0 Å². The highest BCUT2D eigenvalue weighted by Gasteiger charge is 2.29. The van der Waals surface area contributed by atoms with Crippen molar-refractivity contribution in [2.24, 2.45) is 0 Å². The molecule has 31 rings (SSSR count). The number of hydrogen-bond donors (Lipinski definition) is 0. The molecule has 0 atom stereocenters. The van der Waals surface area contributed by atoms with Gasteiger partial charge in [0.1, 0.15) is 11.2 Å². The SMILES string of the molecule is c1ccc(-c2ccc(-c3nc(-n4c5ccccc5c5c6c7ccccc7n(-c7ccccc7)c6ccc54)nc4ccccc34)cc2)cc1.c1ccc(-c2cccc(-c3nc(-n4c5ccccc5c5c6c7ccccc7n(-c7ccccc7)c6ccc54)nc4ccccc34)c2)cc1.c1ccc(-n2c3ccccc3c3c4c5ccccc5n(-c5nc(-c6cccc7c6oc6ccccc67)c6ccccc6n5)c4ccc32)cc1. The zero-order valence-corrected chi connectivity index (χ0v) is 78.1. The third-order valence-electron chi connectivity index (χ3n) is 29.0. The molecule has 0 aliphatic rings. The maximum absolute atomic E-state index is 6.52. The van der Waals surface area contributed by atoms with E-state index in [2.05, 4.69) is 495 Å². The molecule has 145 heavy (non-hydrogen) atoms. The van der Waals surface area contributed by atoms with E-state index in [0.29, 0.717) is 17.8 Å². The van der Waals surface area contributed by atoms with Crippen LogP contribution in [0.4, 0.5) is 0 Å². The van der Waals surface area contributed by atoms with Crippen LogP contribution >= 0.6 is 0 Å². The Morgan fingerprint density at radius 1 is 0.152 bits per heavy atom. The van der Waals surface area contributed by atoms with E-state index in [1.165, 1.54) is 109 Å². The largest absolute Gasteiger partial charge is 0.455 e. The van der Waals surface area contributed by atoms with Crippen molar-refractivity contribution in [1.29, 1.82) is 0 Å². The van der Waals surface area contributed by atoms with Crippen molar-refractivity contribution in [2.45, 2.75) is 0 Å². The van der Waals surface area contributed by atoms with Crippen LogP contribution in [-0.2, 0) is 0 Å². The molecule has 676 valence electrons. The maximum Gasteiger partial charge on any atom is 0.235 e. The van der Waals surface area contributed by atoms with E-state index < -0.39 is 0 Å². The lowest BCUT2D eigenvalue weighted by Crippen LogP contribution is -2.03. The molecular formula is C132H82N12O. The molecule has 31 aromatic rings. The second kappa shape index (κ2) is 33.5. The van der Waals surface area contributed by atoms with E-state index in [1.54, 1.807) is 0 Å². The average molecular weight is 1850 g/mol. The number of aromatic nitrogens is 12. The van der Waals surface area contributed by atoms with Crippen molar-refractivity contribution in [3.63, 3.8) is 0 Å². The van der Waals surface area contributed by atoms with Gasteiger partial charge in [-0.1, -0.05) is 352 Å². The summed E-state index contributed by atoms with van der Waals surface area (Å²) < 4.78 is 20.4. The minimum Gasteiger partial charge on any atom is -0.455 e. The third-order valence-corrected chi connectivity index (χ3v) is 29.0. The van der Waals surface area contributed by atoms with Crippen molar-refractivity contribution < 1.29 is 4.42 Å². The number of hydrogen-bond acceptors (Lipinski definition) is 7. The summed E-state index contributed by atoms with van der Waals surface area (Å²) in [5.41, 5.74) is 31.8. The van der Waals surface area contributed by atoms with Crippen LogP contribution in [0, 0.1) is 0 Å². The van der Waals surface area contributed by atoms with E-state index in [-0.39, 0.29) is 0 Å². The quantitative estimate of drug-likeness (QED) is 0.126. The number of furan rings is 1. The lowest BCUT2D eigenvalue weighted by atomic mass is 10.00. The molecule has 0 unspecified atom stereocenters. The minimum absolute atomic E-state index is 0.624. The Morgan fingerprint density at radius 2 is 0.407 bits per heavy atom. The normalized spacial score (nSPS) is 11.9. The monoisotopic (exact) mass is 1850 g/mol. The minimum atomic E-state index is 0.624. The van der Waals surface area contributed by atoms with Crippen LogP contribution < -0.4 is 0 Å². The Morgan fingerprint density at radius 3 is 0.793 bits per heavy atom. The average Bonchev–Trinajstić information content (AvgIpc) is 1.55. The molecule has 10 heterocycles. The van der Waals surface area contributed by atoms with Crippen molar-refractivity contribution >= 4 is 185 Å². The zero-order chi connectivity index (χ0) is 95.3. The van der Waals surface area contributed by atoms with Gasteiger partial charge in [-0.05, 0) is 168 Å². The molecule has 10 aromatic heterocycles. The topological polar surface area (TPSA) is 120 Å². The van der Waals surface area contributed by atoms with Crippen molar-refractivity contribution in [2.75, 3.05) is 0 Å². The Hall–Kier alpha value is -19.8. The number of para-hydroxylation sites is 14. The highest BCUT2D eigenvalue weighted by molar-refractivity contribution is 6.32. The smallest absolute Gasteiger partial charge is 0.235 e. The van der Waals surface area contributed by atoms with E-state index >= 15 is 0 Å². The summed E-state index contributed by atoms with van der Waals surface area (Å²) in [5.74, 6) is 1.94. The third kappa shape index (κ3) is 13.2. The Bertz CT molecular complexity index is 10700. The van der Waals surface area contributed by atoms with Crippen LogP contribution in [0.25, 0.3) is 276 Å². The van der Waals surface area contributed by atoms with Gasteiger partial charge in [0.15, 0.2) is 0 Å². The van der Waals surface area contributed by atoms with Gasteiger partial charge in [-0.3, -0.25) is 13.7 Å². The van der Waals surface area contributed by atoms with Crippen LogP contribution in [0.3, 0.4) is 0 Å². The van der Waals surface area contributed by atoms with Crippen LogP contribution in [0.1, 0.15) is 0 Å². The first-order valence-electron chi connectivity index (χ1n) is 49.1. The lowest BCUT2D eigenvalue weighted by molar-refractivity contribution is 0.670. The summed E-state index contributed by atoms with van der Waals surface area (Å²) >= 11 is 0. The molecule has 0 aliphatic carbocycles. The highest BCUT2D eigenvalue weighted by Crippen LogP contribution is 2.49. The lowest BCUT2D eigenvalue weighted by Gasteiger charge is -2.13. The molecule has 0 spiro atoms. The Balaban J connectivity index is 0.000000103. The molecule has 0 saturated carbocycles. The summed E-state index contributed by atoms with van der Waals surface area (Å²) in [5, 5.41) is 19.7. The van der Waals surface area contributed by atoms with Crippen LogP contribution in [0.2, 0.25) is 0 Å². The summed E-state index contributed by atoms with van der Waals surface area (Å²) in [7, 11) is 0. The maximum atomic E-state index is 6.52. The van der Waals surface area contributed by atoms with Gasteiger partial charge in [-0.15, -0.1) is 0 Å². The van der Waals surface area contributed by atoms with Crippen LogP contribution in [0.15, 0.2) is 502 Å². The van der Waals surface area contributed by atoms with Crippen molar-refractivity contribution in [3.8, 4) is 90.9 Å². The van der Waals surface area contributed by atoms with E-state index in [1.807, 2.05) is 30.3 Å². The number of nitrogens with zero attached hydrogens (tertiary/aromatic N) is 12. The number of fused-ring (bicyclic) bond motifs is 27. The molecular weight excluding hydrogens is 1770 g/mol. The predicted molar refractivity (Wildman–Crippen MR) is 599 cm³/mol. The van der Waals surface area contributed by atoms with Gasteiger partial charge in [0.2, 0.25) is 17.8 Å². The summed E-state index contributed by atoms with van der Waals surface area (Å²) in [6.07, 6.45) is 0. The first kappa shape index (κ1) is 82.3. The van der Waals surface area contributed by atoms with E-state index in [4.69, 9.17) is 34.3 Å². The number of rotatable bonds is 11. The van der Waals surface area contributed by atoms with Crippen molar-refractivity contribution in [3.05, 3.63) is 497 Å². The molecule has 13 nitrogen and oxygen atoms in total. The molecule has 0 N–H and O–H groups in total. The standard InChI is InChI=1S/C44H26N4O.2C44H28N4/c1-2-13-27(14-3-1)47-35-22-9-5-17-31(35)40-37(47)25-26-38-41(40)32-18-6-10-23-36(32)48(38)44-45-34-21-8-4-16-30(34)42(46-44)33-20-12-19-29-28-15-7-11-24-39(28)49-43(29)33;1-3-14-29(15-4-1)30-16-13-17-31(28-30)43-33-20-7-10-23-36(33)45-44(46-43)48-38-25-12-9-22-35(38)42-40(48)27-26-39-41(42)34-21-8-11-24-37(34)47(39)32-18-5-2-6-19-32;1-3-13-29(14-4-1)30-23-25-31(26-24-30)43-33-17-7-10-20-36(33)45-44(46-43)48-38-22-12-9-19-35(38)42-40(48)28-27-39-41(42)34-18-8-11-21-37(34)47(39)32-15-5-2-6-16-32/h1-26H;2*1-28H. The molecule has 13 heteroatoms. The summed E-state index contributed by atoms with van der Waals surface area (Å²) in [6.45, 7) is 0. The molecule has 0 fully saturated rings. The Labute approximate surface area is 829 Å². The van der Waals surface area contributed by atoms with Gasteiger partial charge in [-0.25, -0.2) is 29.9 Å². The van der Waals surface area contributed by atoms with Gasteiger partial charge in [0.25, 0.3) is 0 Å². The molecule has 0 aliphatic heterocycles. The predicted octanol–water partition coefficient (Wildman–Crippen LogP) is 33.7. The molecule has 21 aromatic carbocycles. The zero-order valence-electron chi connectivity index (χ0n) is 78.1. The van der Waals surface area contributed by atoms with E-state index in [9.17, 15) is 0 Å². The summed E-state index contributed by atoms with van der Waals surface area (Å²) in [6, 6.07) is 175. The molecule has 0 amide bonds. The molecule has 0 bridgehead atoms. The fourth-order valence-electron chi connectivity index (χ4n) is 22.8. The number of benzene rings is 21. The first-order chi connectivity index (χ1) is 72.0. The molecule has 0 radical (unpaired) electrons. The molecule has 0 saturated heterocycles. The Kier molecular flexibility index (Phi) is 19.0.